The molecular weight excluding hydrogens is 979 g/mol. The minimum absolute atomic E-state index is 0.139. The lowest BCUT2D eigenvalue weighted by Gasteiger charge is -2.39. The Balaban J connectivity index is -0.000000256. The first-order valence-electron chi connectivity index (χ1n) is 27.6. The molecular formula is C49H125N21O6. The van der Waals surface area contributed by atoms with Crippen LogP contribution >= 0.6 is 0 Å². The van der Waals surface area contributed by atoms with Gasteiger partial charge in [-0.2, -0.15) is 0 Å². The fraction of sp³-hybridized carbons (Fsp3) is 0.939. The second-order valence-electron chi connectivity index (χ2n) is 17.7. The van der Waals surface area contributed by atoms with Crippen molar-refractivity contribution in [2.75, 3.05) is 259 Å². The number of fused-ring (bicyclic) bond motifs is 3. The summed E-state index contributed by atoms with van der Waals surface area (Å²) in [7, 11) is 14.9. The number of aryl methyl sites for hydroxylation is 1. The molecule has 4 heterocycles. The van der Waals surface area contributed by atoms with E-state index in [4.69, 9.17) is 69.3 Å². The molecule has 0 saturated carbocycles. The van der Waals surface area contributed by atoms with Gasteiger partial charge in [-0.05, 0) is 86.0 Å². The predicted octanol–water partition coefficient (Wildman–Crippen LogP) is -6.52. The summed E-state index contributed by atoms with van der Waals surface area (Å²) in [5, 5.41) is 43.9. The number of hydrogen-bond donors (Lipinski definition) is 18. The van der Waals surface area contributed by atoms with Crippen LogP contribution in [0, 0.1) is 5.92 Å². The van der Waals surface area contributed by atoms with Crippen LogP contribution in [0.2, 0.25) is 0 Å². The number of rotatable bonds is 40. The summed E-state index contributed by atoms with van der Waals surface area (Å²) in [6, 6.07) is 0. The number of piperidine rings is 1. The van der Waals surface area contributed by atoms with Crippen LogP contribution in [0.15, 0.2) is 18.7 Å². The molecule has 25 N–H and O–H groups in total. The molecule has 0 atom stereocenters. The lowest BCUT2D eigenvalue weighted by Crippen LogP contribution is -2.52. The number of nitrogens with zero attached hydrogens (tertiary/aromatic N) is 5. The maximum absolute atomic E-state index is 8.15. The number of hydrogen-bond acceptors (Lipinski definition) is 26. The van der Waals surface area contributed by atoms with Crippen molar-refractivity contribution in [3.63, 3.8) is 0 Å². The summed E-state index contributed by atoms with van der Waals surface area (Å²) in [6.07, 6.45) is 10.7. The predicted molar refractivity (Wildman–Crippen MR) is 317 cm³/mol. The Bertz CT molecular complexity index is 1030. The summed E-state index contributed by atoms with van der Waals surface area (Å²) in [4.78, 5) is 8.23. The van der Waals surface area contributed by atoms with Gasteiger partial charge in [0.15, 0.2) is 0 Å². The topological polar surface area (TPSA) is 395 Å². The Morgan fingerprint density at radius 2 is 0.908 bits per heavy atom. The Morgan fingerprint density at radius 1 is 0.553 bits per heavy atom. The van der Waals surface area contributed by atoms with Crippen molar-refractivity contribution in [2.24, 2.45) is 53.1 Å². The SMILES string of the molecule is C1CN2CCC1CN2.CN(C)CCCNCCCN(C)C.COC(COCCN)(OC)OC.Cn1ccnc1.NCCNCCN.NCCNCCNCCN.NCCNCCNCCNCCN.OCCNCCO. The molecule has 4 rings (SSSR count). The number of nitrogens with two attached hydrogens (primary N) is 7. The van der Waals surface area contributed by atoms with E-state index in [0.717, 1.165) is 97.5 Å². The number of nitrogens with one attached hydrogen (secondary N) is 9. The van der Waals surface area contributed by atoms with Gasteiger partial charge in [-0.1, -0.05) is 0 Å². The highest BCUT2D eigenvalue weighted by atomic mass is 16.9. The largest absolute Gasteiger partial charge is 0.395 e. The molecule has 0 unspecified atom stereocenters. The molecule has 462 valence electrons. The second-order valence-corrected chi connectivity index (χ2v) is 17.7. The molecule has 0 spiro atoms. The van der Waals surface area contributed by atoms with E-state index >= 15 is 0 Å². The number of aromatic nitrogens is 2. The molecule has 1 aromatic rings. The summed E-state index contributed by atoms with van der Waals surface area (Å²) in [6.45, 7) is 26.4. The lowest BCUT2D eigenvalue weighted by molar-refractivity contribution is -0.368. The van der Waals surface area contributed by atoms with E-state index in [-0.39, 0.29) is 19.8 Å². The highest BCUT2D eigenvalue weighted by molar-refractivity contribution is 4.76. The van der Waals surface area contributed by atoms with Gasteiger partial charge in [0.2, 0.25) is 0 Å². The third-order valence-electron chi connectivity index (χ3n) is 10.2. The molecule has 3 saturated heterocycles. The Hall–Kier alpha value is -1.79. The molecule has 3 aliphatic rings. The van der Waals surface area contributed by atoms with Crippen molar-refractivity contribution in [1.29, 1.82) is 0 Å². The third kappa shape index (κ3) is 74.3. The molecule has 0 radical (unpaired) electrons. The number of aliphatic hydroxyl groups excluding tert-OH is 2. The van der Waals surface area contributed by atoms with Gasteiger partial charge in [-0.3, -0.25) is 5.43 Å². The summed E-state index contributed by atoms with van der Waals surface area (Å²) in [5.74, 6) is -0.102. The van der Waals surface area contributed by atoms with Crippen LogP contribution in [0.5, 0.6) is 0 Å². The fourth-order valence-corrected chi connectivity index (χ4v) is 5.93. The molecule has 27 heteroatoms. The zero-order valence-electron chi connectivity index (χ0n) is 49.6. The first-order valence-corrected chi connectivity index (χ1v) is 27.6. The van der Waals surface area contributed by atoms with E-state index in [1.807, 2.05) is 17.8 Å². The number of ether oxygens (including phenoxy) is 4. The van der Waals surface area contributed by atoms with Gasteiger partial charge in [0, 0.05) is 198 Å². The first-order chi connectivity index (χ1) is 36.9. The zero-order valence-corrected chi connectivity index (χ0v) is 49.6. The molecule has 76 heavy (non-hydrogen) atoms. The zero-order chi connectivity index (χ0) is 57.9. The molecule has 3 fully saturated rings. The fourth-order valence-electron chi connectivity index (χ4n) is 5.93. The standard InChI is InChI=1S/C10H25N3.C8H23N5.C7H17NO4.C6H18N4.C6H12N2.C4H13N3.C4H6N2.C4H11NO2/c1-12(2)9-5-7-11-8-6-10-13(3)4;9-1-3-11-5-7-13-8-6-12-4-2-10;1-9-7(10-2,11-3)6-12-5-4-8;7-1-3-9-5-6-10-4-2-8;1-3-8-4-2-6(1)5-7-8;5-1-3-7-4-2-6;1-6-3-2-5-4-6;6-3-1-5-2-4-7/h11H,5-10H2,1-4H3;11-13H,1-10H2;4-6,8H2,1-3H3;9-10H,1-8H2;6-7H,1-5H2;7H,1-6H2;2-4H,1H3;5-7H,1-4H2. The van der Waals surface area contributed by atoms with Crippen molar-refractivity contribution < 1.29 is 29.2 Å². The van der Waals surface area contributed by atoms with Crippen molar-refractivity contribution in [3.8, 4) is 0 Å². The average Bonchev–Trinajstić information content (AvgIpc) is 3.93. The van der Waals surface area contributed by atoms with Gasteiger partial charge in [-0.15, -0.1) is 0 Å². The number of aliphatic hydroxyl groups is 2. The van der Waals surface area contributed by atoms with Gasteiger partial charge in [0.25, 0.3) is 0 Å². The molecule has 2 bridgehead atoms. The highest BCUT2D eigenvalue weighted by Gasteiger charge is 2.29. The summed E-state index contributed by atoms with van der Waals surface area (Å²) >= 11 is 0. The Morgan fingerprint density at radius 3 is 1.13 bits per heavy atom. The van der Waals surface area contributed by atoms with Crippen molar-refractivity contribution in [1.82, 2.24) is 72.3 Å². The van der Waals surface area contributed by atoms with Crippen molar-refractivity contribution in [2.45, 2.75) is 31.7 Å². The second kappa shape index (κ2) is 73.2. The lowest BCUT2D eigenvalue weighted by atomic mass is 9.96. The minimum Gasteiger partial charge on any atom is -0.395 e. The number of imidazole rings is 1. The van der Waals surface area contributed by atoms with E-state index in [1.54, 1.807) is 12.5 Å². The molecule has 1 aromatic heterocycles. The Kier molecular flexibility index (Phi) is 80.0. The van der Waals surface area contributed by atoms with Crippen LogP contribution < -0.4 is 88.1 Å². The van der Waals surface area contributed by atoms with Crippen LogP contribution in [0.4, 0.5) is 0 Å². The van der Waals surface area contributed by atoms with Gasteiger partial charge in [0.05, 0.1) is 26.1 Å². The van der Waals surface area contributed by atoms with Crippen LogP contribution in [0.25, 0.3) is 0 Å². The van der Waals surface area contributed by atoms with E-state index in [9.17, 15) is 0 Å². The average molecular weight is 1100 g/mol. The smallest absolute Gasteiger partial charge is 0.307 e. The van der Waals surface area contributed by atoms with Gasteiger partial charge in [0.1, 0.15) is 6.61 Å². The van der Waals surface area contributed by atoms with Crippen molar-refractivity contribution in [3.05, 3.63) is 18.7 Å². The summed E-state index contributed by atoms with van der Waals surface area (Å²) in [5.41, 5.74) is 40.1. The number of methoxy groups -OCH3 is 3. The monoisotopic (exact) mass is 1100 g/mol. The summed E-state index contributed by atoms with van der Waals surface area (Å²) < 4.78 is 21.9. The van der Waals surface area contributed by atoms with E-state index < -0.39 is 5.97 Å². The number of hydrazine groups is 1. The van der Waals surface area contributed by atoms with Crippen LogP contribution in [-0.4, -0.2) is 300 Å². The normalized spacial score (nSPS) is 14.2. The maximum atomic E-state index is 8.15. The van der Waals surface area contributed by atoms with Crippen LogP contribution in [0.1, 0.15) is 25.7 Å². The molecule has 0 aromatic carbocycles. The van der Waals surface area contributed by atoms with Gasteiger partial charge < -0.3 is 126 Å². The van der Waals surface area contributed by atoms with Gasteiger partial charge >= 0.3 is 5.97 Å². The molecule has 0 amide bonds. The highest BCUT2D eigenvalue weighted by Crippen LogP contribution is 2.19. The van der Waals surface area contributed by atoms with Crippen LogP contribution in [0.3, 0.4) is 0 Å². The van der Waals surface area contributed by atoms with Crippen LogP contribution in [-0.2, 0) is 26.0 Å². The molecule has 0 aliphatic carbocycles. The van der Waals surface area contributed by atoms with Gasteiger partial charge in [-0.25, -0.2) is 9.99 Å². The third-order valence-corrected chi connectivity index (χ3v) is 10.2. The minimum atomic E-state index is -1.10. The van der Waals surface area contributed by atoms with E-state index in [0.29, 0.717) is 65.5 Å². The molecule has 3 aliphatic heterocycles. The van der Waals surface area contributed by atoms with E-state index in [1.165, 1.54) is 79.7 Å². The quantitative estimate of drug-likeness (QED) is 0.0215. The maximum Gasteiger partial charge on any atom is 0.307 e. The molecule has 27 nitrogen and oxygen atoms in total. The first kappa shape index (κ1) is 83.0. The van der Waals surface area contributed by atoms with E-state index in [2.05, 4.69) is 95.9 Å². The Labute approximate surface area is 463 Å². The van der Waals surface area contributed by atoms with Crippen molar-refractivity contribution >= 4 is 0 Å².